The average Bonchev–Trinajstić information content (AvgIpc) is 2.07. The van der Waals surface area contributed by atoms with Gasteiger partial charge in [-0.15, -0.1) is 0 Å². The Morgan fingerprint density at radius 3 is 2.42 bits per heavy atom. The van der Waals surface area contributed by atoms with Gasteiger partial charge in [-0.1, -0.05) is 24.8 Å². The number of carbonyl (C=O) groups excluding carboxylic acids is 1. The number of benzene rings is 1. The zero-order valence-electron chi connectivity index (χ0n) is 6.99. The molecule has 0 saturated carbocycles. The molecule has 12 heavy (non-hydrogen) atoms. The van der Waals surface area contributed by atoms with E-state index < -0.39 is 0 Å². The number of rotatable bonds is 2. The van der Waals surface area contributed by atoms with E-state index in [9.17, 15) is 4.79 Å². The van der Waals surface area contributed by atoms with Gasteiger partial charge in [0, 0.05) is 18.9 Å². The first-order chi connectivity index (χ1) is 5.34. The second-order valence-corrected chi connectivity index (χ2v) is 1.94. The predicted molar refractivity (Wildman–Crippen MR) is 47.8 cm³/mol. The first-order valence-electron chi connectivity index (χ1n) is 3.21. The quantitative estimate of drug-likeness (QED) is 0.368. The van der Waals surface area contributed by atoms with Gasteiger partial charge in [-0.3, -0.25) is 0 Å². The van der Waals surface area contributed by atoms with Crippen molar-refractivity contribution < 1.29 is 9.53 Å². The van der Waals surface area contributed by atoms with E-state index in [0.717, 1.165) is 6.26 Å². The van der Waals surface area contributed by atoms with E-state index in [1.54, 1.807) is 24.3 Å². The molecule has 0 aromatic heterocycles. The van der Waals surface area contributed by atoms with E-state index in [-0.39, 0.29) is 24.8 Å². The van der Waals surface area contributed by atoms with E-state index in [4.69, 9.17) is 0 Å². The molecule has 0 aliphatic rings. The molecule has 0 unspecified atom stereocenters. The van der Waals surface area contributed by atoms with Crippen LogP contribution in [-0.4, -0.2) is 24.8 Å². The molecule has 0 aliphatic carbocycles. The van der Waals surface area contributed by atoms with Crippen LogP contribution in [0.5, 0.6) is 0 Å². The summed E-state index contributed by atoms with van der Waals surface area (Å²) in [5, 5.41) is 0. The Morgan fingerprint density at radius 1 is 1.33 bits per heavy atom. The third-order valence-corrected chi connectivity index (χ3v) is 1.20. The number of carbonyl (C=O) groups is 1. The van der Waals surface area contributed by atoms with Crippen LogP contribution in [0.15, 0.2) is 43.2 Å². The summed E-state index contributed by atoms with van der Waals surface area (Å²) in [5.74, 6) is -0.374. The molecular formula is C9H8LiO2. The monoisotopic (exact) mass is 155 g/mol. The van der Waals surface area contributed by atoms with Crippen LogP contribution in [0.1, 0.15) is 10.4 Å². The molecule has 0 bridgehead atoms. The van der Waals surface area contributed by atoms with Gasteiger partial charge in [0.15, 0.2) is 0 Å². The molecular weight excluding hydrogens is 147 g/mol. The van der Waals surface area contributed by atoms with Crippen molar-refractivity contribution in [1.29, 1.82) is 0 Å². The SMILES string of the molecule is C=COC(=O)c1ccccc1.[Li]. The Hall–Kier alpha value is -0.973. The van der Waals surface area contributed by atoms with E-state index in [1.165, 1.54) is 0 Å². The van der Waals surface area contributed by atoms with E-state index >= 15 is 0 Å². The van der Waals surface area contributed by atoms with Gasteiger partial charge in [-0.2, -0.15) is 0 Å². The average molecular weight is 155 g/mol. The number of hydrogen-bond acceptors (Lipinski definition) is 2. The Balaban J connectivity index is 0.00000121. The van der Waals surface area contributed by atoms with Crippen molar-refractivity contribution in [2.75, 3.05) is 0 Å². The maximum Gasteiger partial charge on any atom is 0.342 e. The third kappa shape index (κ3) is 2.96. The Kier molecular flexibility index (Phi) is 5.19. The largest absolute Gasteiger partial charge is 0.432 e. The fourth-order valence-corrected chi connectivity index (χ4v) is 0.718. The Bertz CT molecular complexity index is 256. The normalized spacial score (nSPS) is 8.00. The van der Waals surface area contributed by atoms with Gasteiger partial charge in [-0.25, -0.2) is 4.79 Å². The smallest absolute Gasteiger partial charge is 0.342 e. The summed E-state index contributed by atoms with van der Waals surface area (Å²) in [5.41, 5.74) is 0.535. The van der Waals surface area contributed by atoms with Crippen molar-refractivity contribution in [3.63, 3.8) is 0 Å². The van der Waals surface area contributed by atoms with Crippen LogP contribution in [0.4, 0.5) is 0 Å². The first-order valence-corrected chi connectivity index (χ1v) is 3.21. The van der Waals surface area contributed by atoms with Crippen LogP contribution < -0.4 is 0 Å². The molecule has 1 aromatic carbocycles. The molecule has 0 aliphatic heterocycles. The van der Waals surface area contributed by atoms with Gasteiger partial charge in [0.25, 0.3) is 0 Å². The molecule has 0 saturated heterocycles. The Labute approximate surface area is 83.4 Å². The molecule has 0 N–H and O–H groups in total. The number of esters is 1. The molecule has 0 heterocycles. The minimum absolute atomic E-state index is 0. The van der Waals surface area contributed by atoms with E-state index in [0.29, 0.717) is 5.56 Å². The molecule has 1 aromatic rings. The van der Waals surface area contributed by atoms with Crippen LogP contribution in [0.3, 0.4) is 0 Å². The summed E-state index contributed by atoms with van der Waals surface area (Å²) in [4.78, 5) is 11.0. The van der Waals surface area contributed by atoms with Crippen LogP contribution in [0.25, 0.3) is 0 Å². The molecule has 57 valence electrons. The fourth-order valence-electron chi connectivity index (χ4n) is 0.718. The van der Waals surface area contributed by atoms with Crippen LogP contribution in [0, 0.1) is 0 Å². The van der Waals surface area contributed by atoms with Gasteiger partial charge in [-0.05, 0) is 12.1 Å². The second kappa shape index (κ2) is 5.65. The molecule has 0 fully saturated rings. The number of ether oxygens (including phenoxy) is 1. The second-order valence-electron chi connectivity index (χ2n) is 1.94. The van der Waals surface area contributed by atoms with Crippen molar-refractivity contribution in [2.24, 2.45) is 0 Å². The van der Waals surface area contributed by atoms with Crippen molar-refractivity contribution in [2.45, 2.75) is 0 Å². The van der Waals surface area contributed by atoms with E-state index in [2.05, 4.69) is 11.3 Å². The standard InChI is InChI=1S/C9H8O2.Li/c1-2-11-9(10)8-6-4-3-5-7-8;/h2-7H,1H2;. The molecule has 0 amide bonds. The van der Waals surface area contributed by atoms with Crippen LogP contribution >= 0.6 is 0 Å². The van der Waals surface area contributed by atoms with Crippen molar-refractivity contribution >= 4 is 24.8 Å². The van der Waals surface area contributed by atoms with Gasteiger partial charge < -0.3 is 4.74 Å². The maximum atomic E-state index is 11.0. The summed E-state index contributed by atoms with van der Waals surface area (Å²) in [6, 6.07) is 8.77. The van der Waals surface area contributed by atoms with Crippen LogP contribution in [-0.2, 0) is 4.74 Å². The summed E-state index contributed by atoms with van der Waals surface area (Å²) in [7, 11) is 0. The molecule has 0 atom stereocenters. The van der Waals surface area contributed by atoms with Gasteiger partial charge in [0.1, 0.15) is 0 Å². The molecule has 1 rings (SSSR count). The third-order valence-electron chi connectivity index (χ3n) is 1.20. The van der Waals surface area contributed by atoms with E-state index in [1.807, 2.05) is 6.07 Å². The summed E-state index contributed by atoms with van der Waals surface area (Å²) in [6.07, 6.45) is 1.12. The minimum Gasteiger partial charge on any atom is -0.432 e. The van der Waals surface area contributed by atoms with Crippen molar-refractivity contribution in [1.82, 2.24) is 0 Å². The van der Waals surface area contributed by atoms with Crippen molar-refractivity contribution in [3.05, 3.63) is 48.7 Å². The number of hydrogen-bond donors (Lipinski definition) is 0. The van der Waals surface area contributed by atoms with Crippen LogP contribution in [0.2, 0.25) is 0 Å². The van der Waals surface area contributed by atoms with Gasteiger partial charge in [0.05, 0.1) is 11.8 Å². The summed E-state index contributed by atoms with van der Waals surface area (Å²) in [6.45, 7) is 3.28. The first kappa shape index (κ1) is 11.0. The minimum atomic E-state index is -0.374. The molecule has 2 nitrogen and oxygen atoms in total. The molecule has 1 radical (unpaired) electrons. The zero-order valence-corrected chi connectivity index (χ0v) is 6.99. The van der Waals surface area contributed by atoms with Crippen molar-refractivity contribution in [3.8, 4) is 0 Å². The molecule has 3 heteroatoms. The molecule has 0 spiro atoms. The van der Waals surface area contributed by atoms with Gasteiger partial charge >= 0.3 is 5.97 Å². The fraction of sp³-hybridized carbons (Fsp3) is 0. The topological polar surface area (TPSA) is 26.3 Å². The maximum absolute atomic E-state index is 11.0. The zero-order chi connectivity index (χ0) is 8.10. The predicted octanol–water partition coefficient (Wildman–Crippen LogP) is 1.61. The summed E-state index contributed by atoms with van der Waals surface area (Å²) >= 11 is 0. The Morgan fingerprint density at radius 2 is 1.92 bits per heavy atom. The summed E-state index contributed by atoms with van der Waals surface area (Å²) < 4.78 is 4.55. The van der Waals surface area contributed by atoms with Gasteiger partial charge in [0.2, 0.25) is 0 Å².